The fraction of sp³-hybridized carbons (Fsp3) is 0.556. The lowest BCUT2D eigenvalue weighted by atomic mass is 10.1. The van der Waals surface area contributed by atoms with E-state index in [0.29, 0.717) is 11.5 Å². The molecule has 2 aliphatic heterocycles. The molecule has 0 radical (unpaired) electrons. The number of hydrogen-bond acceptors (Lipinski definition) is 5. The normalized spacial score (nSPS) is 20.3. The number of hydrazone groups is 1. The third kappa shape index (κ3) is 3.93. The quantitative estimate of drug-likeness (QED) is 0.814. The van der Waals surface area contributed by atoms with Gasteiger partial charge in [-0.1, -0.05) is 0 Å². The smallest absolute Gasteiger partial charge is 0.277 e. The molecule has 1 fully saturated rings. The maximum absolute atomic E-state index is 12.1. The number of amides is 1. The molecular formula is C18H26N4O3. The van der Waals surface area contributed by atoms with Gasteiger partial charge >= 0.3 is 0 Å². The van der Waals surface area contributed by atoms with Crippen LogP contribution < -0.4 is 5.43 Å². The number of aromatic amines is 1. The van der Waals surface area contributed by atoms with Crippen molar-refractivity contribution >= 4 is 17.9 Å². The summed E-state index contributed by atoms with van der Waals surface area (Å²) >= 11 is 0. The predicted molar refractivity (Wildman–Crippen MR) is 96.1 cm³/mol. The van der Waals surface area contributed by atoms with Crippen LogP contribution in [0.1, 0.15) is 36.4 Å². The van der Waals surface area contributed by atoms with Crippen LogP contribution in [0.4, 0.5) is 0 Å². The maximum Gasteiger partial charge on any atom is 0.277 e. The van der Waals surface area contributed by atoms with Gasteiger partial charge in [-0.15, -0.1) is 5.10 Å². The number of H-pyrrole nitrogens is 1. The van der Waals surface area contributed by atoms with Crippen molar-refractivity contribution in [2.45, 2.75) is 40.3 Å². The third-order valence-electron chi connectivity index (χ3n) is 4.49. The van der Waals surface area contributed by atoms with Crippen LogP contribution in [-0.2, 0) is 20.8 Å². The van der Waals surface area contributed by atoms with Gasteiger partial charge < -0.3 is 14.5 Å². The summed E-state index contributed by atoms with van der Waals surface area (Å²) in [6, 6.07) is 0. The van der Waals surface area contributed by atoms with Crippen molar-refractivity contribution in [3.05, 3.63) is 28.1 Å². The zero-order valence-electron chi connectivity index (χ0n) is 15.3. The highest BCUT2D eigenvalue weighted by Crippen LogP contribution is 2.23. The predicted octanol–water partition coefficient (Wildman–Crippen LogP) is 1.72. The summed E-state index contributed by atoms with van der Waals surface area (Å²) in [5.41, 5.74) is 7.40. The molecule has 1 amide bonds. The number of nitrogens with zero attached hydrogens (tertiary/aromatic N) is 2. The van der Waals surface area contributed by atoms with Gasteiger partial charge in [-0.3, -0.25) is 9.69 Å². The molecule has 7 heteroatoms. The number of hydrogen-bond donors (Lipinski definition) is 2. The molecule has 0 spiro atoms. The summed E-state index contributed by atoms with van der Waals surface area (Å²) in [6.07, 6.45) is 1.78. The first-order valence-corrected chi connectivity index (χ1v) is 8.70. The highest BCUT2D eigenvalue weighted by Gasteiger charge is 2.26. The van der Waals surface area contributed by atoms with Gasteiger partial charge in [0.15, 0.2) is 0 Å². The Hall–Kier alpha value is -2.12. The number of rotatable bonds is 4. The molecule has 7 nitrogen and oxygen atoms in total. The van der Waals surface area contributed by atoms with Crippen LogP contribution in [0.3, 0.4) is 0 Å². The molecule has 0 saturated carbocycles. The largest absolute Gasteiger partial charge is 0.473 e. The van der Waals surface area contributed by atoms with Crippen molar-refractivity contribution in [3.8, 4) is 0 Å². The summed E-state index contributed by atoms with van der Waals surface area (Å²) in [5, 5.41) is 3.98. The Morgan fingerprint density at radius 2 is 2.04 bits per heavy atom. The van der Waals surface area contributed by atoms with Gasteiger partial charge in [0, 0.05) is 31.0 Å². The molecule has 3 rings (SSSR count). The Kier molecular flexibility index (Phi) is 5.24. The van der Waals surface area contributed by atoms with Crippen LogP contribution >= 0.6 is 0 Å². The lowest BCUT2D eigenvalue weighted by Crippen LogP contribution is -2.35. The van der Waals surface area contributed by atoms with Crippen molar-refractivity contribution in [1.29, 1.82) is 0 Å². The van der Waals surface area contributed by atoms with Crippen LogP contribution in [0, 0.1) is 13.8 Å². The number of aromatic nitrogens is 1. The van der Waals surface area contributed by atoms with E-state index in [4.69, 9.17) is 9.47 Å². The van der Waals surface area contributed by atoms with Gasteiger partial charge in [0.05, 0.1) is 19.3 Å². The molecule has 1 saturated heterocycles. The molecule has 1 aromatic heterocycles. The highest BCUT2D eigenvalue weighted by atomic mass is 16.5. The average Bonchev–Trinajstić information content (AvgIpc) is 3.04. The summed E-state index contributed by atoms with van der Waals surface area (Å²) in [6.45, 7) is 12.3. The van der Waals surface area contributed by atoms with E-state index in [-0.39, 0.29) is 12.0 Å². The topological polar surface area (TPSA) is 79.0 Å². The minimum absolute atomic E-state index is 0.0433. The monoisotopic (exact) mass is 346 g/mol. The Morgan fingerprint density at radius 1 is 1.32 bits per heavy atom. The Labute approximate surface area is 148 Å². The number of ether oxygens (including phenoxy) is 2. The molecule has 0 bridgehead atoms. The molecule has 1 aromatic rings. The SMILES string of the molecule is Cc1[nH]c(/C=C2/C(=O)NN=C2OC(C)C)c(C)c1CN1CCOCC1. The van der Waals surface area contributed by atoms with E-state index in [9.17, 15) is 4.79 Å². The Morgan fingerprint density at radius 3 is 2.72 bits per heavy atom. The van der Waals surface area contributed by atoms with Crippen molar-refractivity contribution in [2.75, 3.05) is 26.3 Å². The van der Waals surface area contributed by atoms with Gasteiger partial charge in [0.25, 0.3) is 5.91 Å². The van der Waals surface area contributed by atoms with Gasteiger partial charge in [0.1, 0.15) is 5.57 Å². The van der Waals surface area contributed by atoms with Crippen LogP contribution in [-0.4, -0.2) is 54.1 Å². The van der Waals surface area contributed by atoms with Gasteiger partial charge in [-0.25, -0.2) is 5.43 Å². The Bertz CT molecular complexity index is 712. The summed E-state index contributed by atoms with van der Waals surface area (Å²) in [5.74, 6) is 0.110. The summed E-state index contributed by atoms with van der Waals surface area (Å²) in [4.78, 5) is 17.9. The minimum atomic E-state index is -0.239. The second-order valence-electron chi connectivity index (χ2n) is 6.74. The van der Waals surface area contributed by atoms with Crippen LogP contribution in [0.15, 0.2) is 10.7 Å². The van der Waals surface area contributed by atoms with Gasteiger partial charge in [-0.2, -0.15) is 0 Å². The van der Waals surface area contributed by atoms with Crippen molar-refractivity contribution in [3.63, 3.8) is 0 Å². The molecule has 0 atom stereocenters. The first kappa shape index (κ1) is 17.7. The lowest BCUT2D eigenvalue weighted by molar-refractivity contribution is -0.116. The van der Waals surface area contributed by atoms with E-state index >= 15 is 0 Å². The summed E-state index contributed by atoms with van der Waals surface area (Å²) in [7, 11) is 0. The van der Waals surface area contributed by atoms with E-state index in [2.05, 4.69) is 34.3 Å². The van der Waals surface area contributed by atoms with Crippen molar-refractivity contribution in [1.82, 2.24) is 15.3 Å². The van der Waals surface area contributed by atoms with Crippen molar-refractivity contribution < 1.29 is 14.3 Å². The van der Waals surface area contributed by atoms with Gasteiger partial charge in [0.2, 0.25) is 5.90 Å². The lowest BCUT2D eigenvalue weighted by Gasteiger charge is -2.26. The van der Waals surface area contributed by atoms with Crippen LogP contribution in [0.2, 0.25) is 0 Å². The number of carbonyl (C=O) groups is 1. The van der Waals surface area contributed by atoms with E-state index in [1.807, 2.05) is 19.9 Å². The van der Waals surface area contributed by atoms with Crippen LogP contribution in [0.25, 0.3) is 6.08 Å². The van der Waals surface area contributed by atoms with E-state index < -0.39 is 0 Å². The number of carbonyl (C=O) groups excluding carboxylic acids is 1. The molecule has 0 aliphatic carbocycles. The van der Waals surface area contributed by atoms with E-state index in [1.54, 1.807) is 0 Å². The highest BCUT2D eigenvalue weighted by molar-refractivity contribution is 6.24. The zero-order valence-corrected chi connectivity index (χ0v) is 15.3. The first-order valence-electron chi connectivity index (χ1n) is 8.70. The standard InChI is InChI=1S/C18H26N4O3/c1-11(2)25-18-14(17(23)20-21-18)9-16-12(3)15(13(4)19-16)10-22-5-7-24-8-6-22/h9,11,19H,5-8,10H2,1-4H3,(H,20,23)/b14-9-. The number of aryl methyl sites for hydroxylation is 1. The maximum atomic E-state index is 12.1. The summed E-state index contributed by atoms with van der Waals surface area (Å²) < 4.78 is 11.0. The van der Waals surface area contributed by atoms with Crippen LogP contribution in [0.5, 0.6) is 0 Å². The van der Waals surface area contributed by atoms with Gasteiger partial charge in [-0.05, 0) is 44.9 Å². The third-order valence-corrected chi connectivity index (χ3v) is 4.49. The molecule has 2 N–H and O–H groups in total. The molecule has 0 unspecified atom stereocenters. The minimum Gasteiger partial charge on any atom is -0.473 e. The zero-order chi connectivity index (χ0) is 18.0. The Balaban J connectivity index is 1.84. The van der Waals surface area contributed by atoms with E-state index in [0.717, 1.165) is 49.8 Å². The second-order valence-corrected chi connectivity index (χ2v) is 6.74. The number of morpholine rings is 1. The first-order chi connectivity index (χ1) is 12.0. The molecule has 2 aliphatic rings. The van der Waals surface area contributed by atoms with E-state index in [1.165, 1.54) is 5.56 Å². The molecule has 0 aromatic carbocycles. The van der Waals surface area contributed by atoms with Crippen molar-refractivity contribution in [2.24, 2.45) is 5.10 Å². The fourth-order valence-corrected chi connectivity index (χ4v) is 3.08. The molecule has 3 heterocycles. The second kappa shape index (κ2) is 7.41. The fourth-order valence-electron chi connectivity index (χ4n) is 3.08. The molecule has 136 valence electrons. The molecule has 25 heavy (non-hydrogen) atoms. The average molecular weight is 346 g/mol. The molecular weight excluding hydrogens is 320 g/mol. The number of nitrogens with one attached hydrogen (secondary N) is 2.